The topological polar surface area (TPSA) is 40.8 Å². The molecule has 9 aromatic carbocycles. The van der Waals surface area contributed by atoms with Crippen LogP contribution in [0.2, 0.25) is 0 Å². The second-order valence-electron chi connectivity index (χ2n) is 14.6. The molecule has 1 N–H and O–H groups in total. The largest absolute Gasteiger partial charge is 0.355 e. The van der Waals surface area contributed by atoms with Crippen molar-refractivity contribution in [3.8, 4) is 67.4 Å². The van der Waals surface area contributed by atoms with Crippen LogP contribution in [0.25, 0.3) is 83.1 Å². The molecule has 272 valence electrons. The fraction of sp³-hybridized carbons (Fsp3) is 0. The van der Waals surface area contributed by atoms with Crippen LogP contribution in [0.5, 0.6) is 0 Å². The van der Waals surface area contributed by atoms with E-state index >= 15 is 0 Å². The summed E-state index contributed by atoms with van der Waals surface area (Å²) in [7, 11) is 0. The summed E-state index contributed by atoms with van der Waals surface area (Å²) in [4.78, 5) is 0. The van der Waals surface area contributed by atoms with Gasteiger partial charge in [-0.1, -0.05) is 152 Å². The van der Waals surface area contributed by atoms with Gasteiger partial charge in [0.25, 0.3) is 0 Å². The lowest BCUT2D eigenvalue weighted by Gasteiger charge is -2.16. The number of nitrogens with one attached hydrogen (secondary N) is 1. The Labute approximate surface area is 338 Å². The molecule has 58 heavy (non-hydrogen) atoms. The molecule has 0 spiro atoms. The zero-order valence-electron chi connectivity index (χ0n) is 31.7. The van der Waals surface area contributed by atoms with E-state index in [9.17, 15) is 5.26 Å². The average molecular weight is 740 g/mol. The van der Waals surface area contributed by atoms with Gasteiger partial charge in [0.15, 0.2) is 0 Å². The molecule has 0 amide bonds. The highest BCUT2D eigenvalue weighted by Crippen LogP contribution is 2.38. The van der Waals surface area contributed by atoms with Crippen molar-refractivity contribution < 1.29 is 0 Å². The summed E-state index contributed by atoms with van der Waals surface area (Å²) in [5, 5.41) is 15.4. The van der Waals surface area contributed by atoms with Crippen LogP contribution in [0.3, 0.4) is 0 Å². The van der Waals surface area contributed by atoms with E-state index in [4.69, 9.17) is 0 Å². The van der Waals surface area contributed by atoms with Gasteiger partial charge in [-0.3, -0.25) is 0 Å². The highest BCUT2D eigenvalue weighted by Gasteiger charge is 2.15. The minimum atomic E-state index is 0.656. The van der Waals surface area contributed by atoms with Gasteiger partial charge >= 0.3 is 0 Å². The summed E-state index contributed by atoms with van der Waals surface area (Å²) in [5.74, 6) is 0. The highest BCUT2D eigenvalue weighted by molar-refractivity contribution is 6.10. The van der Waals surface area contributed by atoms with E-state index in [2.05, 4.69) is 210 Å². The molecule has 0 aliphatic carbocycles. The van der Waals surface area contributed by atoms with E-state index in [-0.39, 0.29) is 0 Å². The maximum Gasteiger partial charge on any atom is 0.0991 e. The summed E-state index contributed by atoms with van der Waals surface area (Å²) in [6, 6.07) is 79.4. The van der Waals surface area contributed by atoms with Crippen molar-refractivity contribution in [3.63, 3.8) is 0 Å². The van der Waals surface area contributed by atoms with Crippen LogP contribution < -0.4 is 5.32 Å². The Morgan fingerprint density at radius 2 is 0.879 bits per heavy atom. The number of anilines is 2. The number of aromatic nitrogens is 1. The Morgan fingerprint density at radius 1 is 0.362 bits per heavy atom. The minimum absolute atomic E-state index is 0.656. The van der Waals surface area contributed by atoms with Gasteiger partial charge in [0, 0.05) is 33.4 Å². The molecule has 0 aliphatic rings. The van der Waals surface area contributed by atoms with E-state index < -0.39 is 0 Å². The summed E-state index contributed by atoms with van der Waals surface area (Å²) < 4.78 is 2.39. The SMILES string of the molecule is N#Cc1ccc(-c2cccc(Nc3ccc(-c4ccc(-c5ccc6c(c5)c5ccccc5n6-c5cccc(-c6ccccc6)c5)cc4)cc3-c3ccccc3)c2)cc1. The van der Waals surface area contributed by atoms with Crippen LogP contribution in [-0.2, 0) is 0 Å². The van der Waals surface area contributed by atoms with Gasteiger partial charge in [0.1, 0.15) is 0 Å². The van der Waals surface area contributed by atoms with Crippen molar-refractivity contribution in [1.82, 2.24) is 4.57 Å². The first-order valence-electron chi connectivity index (χ1n) is 19.6. The quantitative estimate of drug-likeness (QED) is 0.169. The van der Waals surface area contributed by atoms with E-state index in [0.29, 0.717) is 5.56 Å². The highest BCUT2D eigenvalue weighted by atomic mass is 15.0. The molecular weight excluding hydrogens is 703 g/mol. The Kier molecular flexibility index (Phi) is 8.91. The first-order valence-corrected chi connectivity index (χ1v) is 19.6. The molecular formula is C55H37N3. The van der Waals surface area contributed by atoms with Crippen molar-refractivity contribution in [2.45, 2.75) is 0 Å². The Bertz CT molecular complexity index is 3120. The van der Waals surface area contributed by atoms with Gasteiger partial charge in [0.05, 0.1) is 22.7 Å². The molecule has 3 heteroatoms. The Hall–Kier alpha value is -7.93. The molecule has 0 bridgehead atoms. The Balaban J connectivity index is 0.971. The fourth-order valence-electron chi connectivity index (χ4n) is 8.10. The molecule has 3 nitrogen and oxygen atoms in total. The predicted octanol–water partition coefficient (Wildman–Crippen LogP) is 14.7. The molecule has 1 heterocycles. The number of nitriles is 1. The van der Waals surface area contributed by atoms with E-state index in [0.717, 1.165) is 50.4 Å². The summed E-state index contributed by atoms with van der Waals surface area (Å²) >= 11 is 0. The van der Waals surface area contributed by atoms with Gasteiger partial charge in [-0.2, -0.15) is 5.26 Å². The molecule has 0 radical (unpaired) electrons. The number of para-hydroxylation sites is 1. The van der Waals surface area contributed by atoms with Crippen molar-refractivity contribution in [2.75, 3.05) is 5.32 Å². The second kappa shape index (κ2) is 15.0. The lowest BCUT2D eigenvalue weighted by molar-refractivity contribution is 1.18. The third kappa shape index (κ3) is 6.60. The molecule has 0 atom stereocenters. The van der Waals surface area contributed by atoms with Crippen molar-refractivity contribution in [1.29, 1.82) is 5.26 Å². The number of hydrogen-bond donors (Lipinski definition) is 1. The van der Waals surface area contributed by atoms with Crippen LogP contribution in [0.15, 0.2) is 218 Å². The summed E-state index contributed by atoms with van der Waals surface area (Å²) in [6.45, 7) is 0. The number of nitrogens with zero attached hydrogens (tertiary/aromatic N) is 2. The summed E-state index contributed by atoms with van der Waals surface area (Å²) in [5.41, 5.74) is 17.7. The van der Waals surface area contributed by atoms with Crippen LogP contribution in [0.1, 0.15) is 5.56 Å². The molecule has 0 fully saturated rings. The fourth-order valence-corrected chi connectivity index (χ4v) is 8.10. The maximum absolute atomic E-state index is 9.24. The van der Waals surface area contributed by atoms with E-state index in [1.807, 2.05) is 24.3 Å². The lowest BCUT2D eigenvalue weighted by atomic mass is 9.95. The van der Waals surface area contributed by atoms with Gasteiger partial charge in [-0.25, -0.2) is 0 Å². The van der Waals surface area contributed by atoms with E-state index in [1.165, 1.54) is 44.1 Å². The predicted molar refractivity (Wildman–Crippen MR) is 242 cm³/mol. The van der Waals surface area contributed by atoms with Crippen molar-refractivity contribution in [2.24, 2.45) is 0 Å². The molecule has 0 aliphatic heterocycles. The lowest BCUT2D eigenvalue weighted by Crippen LogP contribution is -1.95. The minimum Gasteiger partial charge on any atom is -0.355 e. The molecule has 10 aromatic rings. The first kappa shape index (κ1) is 34.6. The third-order valence-corrected chi connectivity index (χ3v) is 11.0. The zero-order valence-corrected chi connectivity index (χ0v) is 31.7. The first-order chi connectivity index (χ1) is 28.7. The van der Waals surface area contributed by atoms with Gasteiger partial charge in [-0.15, -0.1) is 0 Å². The van der Waals surface area contributed by atoms with Gasteiger partial charge in [-0.05, 0) is 117 Å². The number of hydrogen-bond acceptors (Lipinski definition) is 2. The van der Waals surface area contributed by atoms with Crippen LogP contribution in [-0.4, -0.2) is 4.57 Å². The van der Waals surface area contributed by atoms with Crippen molar-refractivity contribution >= 4 is 33.2 Å². The molecule has 10 rings (SSSR count). The molecule has 1 aromatic heterocycles. The zero-order chi connectivity index (χ0) is 38.8. The van der Waals surface area contributed by atoms with Crippen LogP contribution in [0, 0.1) is 11.3 Å². The number of benzene rings is 9. The normalized spacial score (nSPS) is 11.1. The standard InChI is InChI=1S/C55H37N3/c56-37-38-21-23-40(24-22-38)44-15-9-17-48(33-44)57-53-31-29-46(35-51(53)43-13-5-2-6-14-43)41-25-27-42(28-26-41)47-30-32-55-52(36-47)50-19-7-8-20-54(50)58(55)49-18-10-16-45(34-49)39-11-3-1-4-12-39/h1-36,57H. The summed E-state index contributed by atoms with van der Waals surface area (Å²) in [6.07, 6.45) is 0. The van der Waals surface area contributed by atoms with E-state index in [1.54, 1.807) is 0 Å². The van der Waals surface area contributed by atoms with Crippen LogP contribution >= 0.6 is 0 Å². The van der Waals surface area contributed by atoms with Gasteiger partial charge in [0.2, 0.25) is 0 Å². The van der Waals surface area contributed by atoms with Crippen LogP contribution in [0.4, 0.5) is 11.4 Å². The Morgan fingerprint density at radius 3 is 1.60 bits per heavy atom. The monoisotopic (exact) mass is 739 g/mol. The molecule has 0 saturated carbocycles. The molecule has 0 saturated heterocycles. The number of rotatable bonds is 8. The average Bonchev–Trinajstić information content (AvgIpc) is 3.64. The third-order valence-electron chi connectivity index (χ3n) is 11.0. The molecule has 0 unspecified atom stereocenters. The number of fused-ring (bicyclic) bond motifs is 3. The maximum atomic E-state index is 9.24. The second-order valence-corrected chi connectivity index (χ2v) is 14.6. The van der Waals surface area contributed by atoms with Gasteiger partial charge < -0.3 is 9.88 Å². The van der Waals surface area contributed by atoms with Crippen molar-refractivity contribution in [3.05, 3.63) is 224 Å². The smallest absolute Gasteiger partial charge is 0.0991 e.